The van der Waals surface area contributed by atoms with Crippen LogP contribution in [0.15, 0.2) is 48.5 Å². The summed E-state index contributed by atoms with van der Waals surface area (Å²) in [5.74, 6) is -0.791. The van der Waals surface area contributed by atoms with Crippen LogP contribution in [0.5, 0.6) is 5.75 Å². The number of halogens is 2. The second kappa shape index (κ2) is 12.2. The van der Waals surface area contributed by atoms with Crippen molar-refractivity contribution in [3.05, 3.63) is 104 Å². The molecule has 6 rings (SSSR count). The first-order valence-electron chi connectivity index (χ1n) is 13.9. The maximum atomic E-state index is 15.9. The lowest BCUT2D eigenvalue weighted by Gasteiger charge is -2.14. The Labute approximate surface area is 255 Å². The molecule has 43 heavy (non-hydrogen) atoms. The summed E-state index contributed by atoms with van der Waals surface area (Å²) < 4.78 is 29.7. The summed E-state index contributed by atoms with van der Waals surface area (Å²) in [7, 11) is 0. The Kier molecular flexibility index (Phi) is 8.62. The number of H-pyrrole nitrogens is 1. The summed E-state index contributed by atoms with van der Waals surface area (Å²) in [6.45, 7) is 6.84. The van der Waals surface area contributed by atoms with Crippen molar-refractivity contribution in [3.63, 3.8) is 0 Å². The summed E-state index contributed by atoms with van der Waals surface area (Å²) in [6.07, 6.45) is 0.997. The quantitative estimate of drug-likeness (QED) is 0.191. The molecule has 0 unspecified atom stereocenters. The average Bonchev–Trinajstić information content (AvgIpc) is 3.46. The molecule has 2 N–H and O–H groups in total. The number of ether oxygens (including phenoxy) is 2. The predicted octanol–water partition coefficient (Wildman–Crippen LogP) is 8.17. The van der Waals surface area contributed by atoms with E-state index in [1.54, 1.807) is 10.6 Å². The molecule has 0 fully saturated rings. The number of aromatic nitrogens is 3. The van der Waals surface area contributed by atoms with Gasteiger partial charge >= 0.3 is 5.97 Å². The van der Waals surface area contributed by atoms with E-state index in [1.165, 1.54) is 6.07 Å². The Balaban J connectivity index is 0.00000368. The van der Waals surface area contributed by atoms with E-state index in [1.807, 2.05) is 57.2 Å². The summed E-state index contributed by atoms with van der Waals surface area (Å²) in [4.78, 5) is 12.9. The smallest absolute Gasteiger partial charge is 0.352 e. The highest BCUT2D eigenvalue weighted by Gasteiger charge is 2.29. The number of aryl methyl sites for hydroxylation is 4. The largest absolute Gasteiger partial charge is 0.494 e. The maximum Gasteiger partial charge on any atom is 0.352 e. The first-order valence-corrected chi connectivity index (χ1v) is 14.3. The molecule has 1 aliphatic heterocycles. The van der Waals surface area contributed by atoms with Crippen molar-refractivity contribution >= 4 is 28.5 Å². The number of carbonyl (C=O) groups is 1. The molecule has 1 aliphatic rings. The second-order valence-electron chi connectivity index (χ2n) is 10.8. The van der Waals surface area contributed by atoms with E-state index in [-0.39, 0.29) is 26.3 Å². The van der Waals surface area contributed by atoms with E-state index in [2.05, 4.69) is 10.2 Å². The third kappa shape index (κ3) is 5.53. The number of carboxylic acid groups (broad SMARTS) is 1. The van der Waals surface area contributed by atoms with Crippen LogP contribution in [0.2, 0.25) is 5.02 Å². The molecule has 0 saturated heterocycles. The monoisotopic (exact) mass is 603 g/mol. The van der Waals surface area contributed by atoms with Gasteiger partial charge in [0.25, 0.3) is 0 Å². The standard InChI is InChI=1S/C33H31ClFN3O4.CH4/c1-18-13-23(14-19(2)30(18)34)42-12-6-9-24-25-10-11-26(35)29-28-20(3)36-37-27(28)17-41-16-22-8-5-4-7-21(22)15-38(31(25)29)32(24)33(39)40;/h4-5,7-8,10-11,13-14H,6,9,12,15-17H2,1-3H3,(H,36,37)(H,39,40);1H4. The van der Waals surface area contributed by atoms with Crippen LogP contribution in [-0.2, 0) is 30.9 Å². The molecule has 0 aliphatic carbocycles. The predicted molar refractivity (Wildman–Crippen MR) is 167 cm³/mol. The van der Waals surface area contributed by atoms with Crippen molar-refractivity contribution < 1.29 is 23.8 Å². The highest BCUT2D eigenvalue weighted by molar-refractivity contribution is 6.32. The summed E-state index contributed by atoms with van der Waals surface area (Å²) >= 11 is 6.30. The fourth-order valence-electron chi connectivity index (χ4n) is 6.01. The molecule has 224 valence electrons. The van der Waals surface area contributed by atoms with Crippen LogP contribution in [0.4, 0.5) is 4.39 Å². The van der Waals surface area contributed by atoms with E-state index < -0.39 is 11.8 Å². The van der Waals surface area contributed by atoms with E-state index in [0.717, 1.165) is 28.0 Å². The highest BCUT2D eigenvalue weighted by atomic mass is 35.5. The van der Waals surface area contributed by atoms with Crippen LogP contribution >= 0.6 is 11.6 Å². The maximum absolute atomic E-state index is 15.9. The first-order chi connectivity index (χ1) is 20.2. The minimum absolute atomic E-state index is 0. The molecular formula is C34H35ClFN3O4. The van der Waals surface area contributed by atoms with Crippen molar-refractivity contribution in [2.24, 2.45) is 0 Å². The number of rotatable bonds is 6. The molecule has 7 nitrogen and oxygen atoms in total. The van der Waals surface area contributed by atoms with Crippen LogP contribution in [0, 0.1) is 26.6 Å². The van der Waals surface area contributed by atoms with Gasteiger partial charge in [0.1, 0.15) is 17.3 Å². The van der Waals surface area contributed by atoms with Gasteiger partial charge in [-0.1, -0.05) is 43.3 Å². The van der Waals surface area contributed by atoms with E-state index in [0.29, 0.717) is 70.1 Å². The van der Waals surface area contributed by atoms with Gasteiger partial charge in [-0.2, -0.15) is 5.10 Å². The topological polar surface area (TPSA) is 89.4 Å². The molecule has 0 atom stereocenters. The molecule has 0 saturated carbocycles. The van der Waals surface area contributed by atoms with Crippen LogP contribution in [0.3, 0.4) is 0 Å². The van der Waals surface area contributed by atoms with Gasteiger partial charge in [0, 0.05) is 33.8 Å². The van der Waals surface area contributed by atoms with Crippen LogP contribution in [0.25, 0.3) is 22.0 Å². The Morgan fingerprint density at radius 3 is 2.53 bits per heavy atom. The molecule has 3 heterocycles. The zero-order valence-electron chi connectivity index (χ0n) is 23.7. The Bertz CT molecular complexity index is 1820. The molecule has 2 aromatic heterocycles. The number of benzene rings is 3. The highest BCUT2D eigenvalue weighted by Crippen LogP contribution is 2.40. The van der Waals surface area contributed by atoms with Gasteiger partial charge in [0.05, 0.1) is 31.0 Å². The summed E-state index contributed by atoms with van der Waals surface area (Å²) in [6, 6.07) is 14.7. The van der Waals surface area contributed by atoms with Gasteiger partial charge in [0.2, 0.25) is 0 Å². The Morgan fingerprint density at radius 2 is 1.81 bits per heavy atom. The third-order valence-electron chi connectivity index (χ3n) is 7.95. The van der Waals surface area contributed by atoms with Crippen molar-refractivity contribution in [1.82, 2.24) is 14.8 Å². The van der Waals surface area contributed by atoms with Gasteiger partial charge < -0.3 is 19.1 Å². The number of aromatic amines is 1. The zero-order valence-corrected chi connectivity index (χ0v) is 24.4. The number of nitrogens with one attached hydrogen (secondary N) is 1. The Hall–Kier alpha value is -4.14. The molecular weight excluding hydrogens is 569 g/mol. The minimum atomic E-state index is -1.06. The van der Waals surface area contributed by atoms with Crippen LogP contribution < -0.4 is 4.74 Å². The van der Waals surface area contributed by atoms with Gasteiger partial charge in [-0.15, -0.1) is 0 Å². The minimum Gasteiger partial charge on any atom is -0.494 e. The number of hydrogen-bond donors (Lipinski definition) is 2. The van der Waals surface area contributed by atoms with E-state index in [9.17, 15) is 9.90 Å². The van der Waals surface area contributed by atoms with Crippen LogP contribution in [0.1, 0.15) is 63.5 Å². The number of carboxylic acids is 1. The SMILES string of the molecule is C.Cc1cc(OCCCc2c(C(=O)O)n3c4c(c(F)ccc24)-c2c(n[nH]c2C)COCc2ccccc2C3)cc(C)c1Cl. The zero-order chi connectivity index (χ0) is 29.5. The summed E-state index contributed by atoms with van der Waals surface area (Å²) in [5, 5.41) is 19.4. The van der Waals surface area contributed by atoms with Gasteiger partial charge in [-0.3, -0.25) is 5.10 Å². The fourth-order valence-corrected chi connectivity index (χ4v) is 6.12. The van der Waals surface area contributed by atoms with Gasteiger partial charge in [-0.05, 0) is 85.7 Å². The van der Waals surface area contributed by atoms with Gasteiger partial charge in [-0.25, -0.2) is 9.18 Å². The van der Waals surface area contributed by atoms with Crippen LogP contribution in [-0.4, -0.2) is 32.4 Å². The number of nitrogens with zero attached hydrogens (tertiary/aromatic N) is 2. The normalized spacial score (nSPS) is 12.7. The number of hydrogen-bond acceptors (Lipinski definition) is 4. The molecule has 0 bridgehead atoms. The molecule has 0 radical (unpaired) electrons. The Morgan fingerprint density at radius 1 is 1.09 bits per heavy atom. The van der Waals surface area contributed by atoms with E-state index >= 15 is 4.39 Å². The molecule has 0 spiro atoms. The van der Waals surface area contributed by atoms with Crippen molar-refractivity contribution in [3.8, 4) is 16.9 Å². The number of fused-ring (bicyclic) bond motifs is 3. The molecule has 3 aromatic carbocycles. The van der Waals surface area contributed by atoms with Crippen molar-refractivity contribution in [2.75, 3.05) is 6.61 Å². The van der Waals surface area contributed by atoms with Crippen molar-refractivity contribution in [2.45, 2.75) is 60.8 Å². The molecule has 9 heteroatoms. The van der Waals surface area contributed by atoms with E-state index in [4.69, 9.17) is 21.1 Å². The molecule has 5 aromatic rings. The molecule has 0 amide bonds. The lowest BCUT2D eigenvalue weighted by molar-refractivity contribution is 0.0684. The first kappa shape index (κ1) is 30.3. The van der Waals surface area contributed by atoms with Gasteiger partial charge in [0.15, 0.2) is 0 Å². The number of aromatic carboxylic acids is 1. The third-order valence-corrected chi connectivity index (χ3v) is 8.54. The second-order valence-corrected chi connectivity index (χ2v) is 11.2. The lowest BCUT2D eigenvalue weighted by atomic mass is 9.97. The van der Waals surface area contributed by atoms with Crippen molar-refractivity contribution in [1.29, 1.82) is 0 Å². The fraction of sp³-hybridized carbons (Fsp3) is 0.294. The lowest BCUT2D eigenvalue weighted by Crippen LogP contribution is -2.13. The average molecular weight is 604 g/mol. The summed E-state index contributed by atoms with van der Waals surface area (Å²) in [5.41, 5.74) is 7.24.